The van der Waals surface area contributed by atoms with Crippen LogP contribution in [0.2, 0.25) is 0 Å². The highest BCUT2D eigenvalue weighted by Gasteiger charge is 2.51. The van der Waals surface area contributed by atoms with Gasteiger partial charge in [0, 0.05) is 56.6 Å². The molecule has 1 atom stereocenters. The number of hydrogen-bond donors (Lipinski definition) is 1. The van der Waals surface area contributed by atoms with Crippen LogP contribution in [0.5, 0.6) is 0 Å². The van der Waals surface area contributed by atoms with Crippen molar-refractivity contribution in [2.75, 3.05) is 38.7 Å². The summed E-state index contributed by atoms with van der Waals surface area (Å²) in [4.78, 5) is 27.2. The maximum Gasteiger partial charge on any atom is 0.490 e. The molecule has 3 fully saturated rings. The molecule has 4 rings (SSSR count). The fourth-order valence-corrected chi connectivity index (χ4v) is 5.34. The molecule has 1 N–H and O–H groups in total. The average molecular weight is 462 g/mol. The first-order chi connectivity index (χ1) is 14.7. The van der Waals surface area contributed by atoms with Crippen LogP contribution in [-0.2, 0) is 14.3 Å². The van der Waals surface area contributed by atoms with Gasteiger partial charge in [0.25, 0.3) is 5.91 Å². The summed E-state index contributed by atoms with van der Waals surface area (Å²) in [6.45, 7) is 4.31. The number of rotatable bonds is 4. The molecule has 172 valence electrons. The molecule has 7 nitrogen and oxygen atoms in total. The van der Waals surface area contributed by atoms with Crippen LogP contribution in [0.3, 0.4) is 0 Å². The fourth-order valence-electron chi connectivity index (χ4n) is 3.79. The molecule has 11 heteroatoms. The smallest absolute Gasteiger partial charge is 0.475 e. The third kappa shape index (κ3) is 6.56. The van der Waals surface area contributed by atoms with Crippen molar-refractivity contribution in [1.29, 1.82) is 0 Å². The lowest BCUT2D eigenvalue weighted by Gasteiger charge is -2.47. The molecule has 0 saturated carbocycles. The molecule has 31 heavy (non-hydrogen) atoms. The van der Waals surface area contributed by atoms with Crippen LogP contribution >= 0.6 is 11.8 Å². The van der Waals surface area contributed by atoms with Crippen molar-refractivity contribution in [1.82, 2.24) is 9.88 Å². The number of nitrogens with zero attached hydrogens (tertiary/aromatic N) is 2. The summed E-state index contributed by atoms with van der Waals surface area (Å²) in [5.41, 5.74) is 0.732. The van der Waals surface area contributed by atoms with Crippen LogP contribution < -0.4 is 0 Å². The number of amides is 1. The number of halogens is 3. The lowest BCUT2D eigenvalue weighted by Crippen LogP contribution is -2.60. The van der Waals surface area contributed by atoms with Crippen molar-refractivity contribution in [2.24, 2.45) is 5.92 Å². The van der Waals surface area contributed by atoms with Gasteiger partial charge in [0.05, 0.1) is 10.9 Å². The molecule has 3 saturated heterocycles. The number of aliphatic carboxylic acids is 1. The van der Waals surface area contributed by atoms with Gasteiger partial charge in [0.2, 0.25) is 0 Å². The number of carbonyl (C=O) groups excluding carboxylic acids is 1. The minimum Gasteiger partial charge on any atom is -0.475 e. The molecule has 3 aliphatic heterocycles. The van der Waals surface area contributed by atoms with Crippen LogP contribution in [0, 0.1) is 5.92 Å². The zero-order chi connectivity index (χ0) is 22.5. The molecular weight excluding hydrogens is 437 g/mol. The summed E-state index contributed by atoms with van der Waals surface area (Å²) in [5, 5.41) is 7.12. The van der Waals surface area contributed by atoms with Crippen molar-refractivity contribution in [2.45, 2.75) is 36.3 Å². The highest BCUT2D eigenvalue weighted by Crippen LogP contribution is 2.46. The zero-order valence-corrected chi connectivity index (χ0v) is 17.7. The van der Waals surface area contributed by atoms with Crippen LogP contribution in [0.15, 0.2) is 24.5 Å². The van der Waals surface area contributed by atoms with Crippen molar-refractivity contribution < 1.29 is 37.3 Å². The van der Waals surface area contributed by atoms with Gasteiger partial charge < -0.3 is 19.5 Å². The zero-order valence-electron chi connectivity index (χ0n) is 16.8. The molecule has 0 bridgehead atoms. The highest BCUT2D eigenvalue weighted by molar-refractivity contribution is 8.01. The number of ether oxygens (including phenoxy) is 2. The van der Waals surface area contributed by atoms with E-state index in [1.54, 1.807) is 24.5 Å². The van der Waals surface area contributed by atoms with Crippen LogP contribution in [0.1, 0.15) is 29.6 Å². The fraction of sp³-hybridized carbons (Fsp3) is 0.650. The first-order valence-electron chi connectivity index (χ1n) is 10.0. The van der Waals surface area contributed by atoms with E-state index in [1.165, 1.54) is 0 Å². The Hall–Kier alpha value is -1.85. The number of aromatic nitrogens is 1. The van der Waals surface area contributed by atoms with Gasteiger partial charge in [-0.2, -0.15) is 13.2 Å². The van der Waals surface area contributed by atoms with E-state index in [9.17, 15) is 18.0 Å². The molecule has 0 aromatic carbocycles. The number of alkyl halides is 3. The molecule has 1 aromatic rings. The first kappa shape index (κ1) is 23.8. The summed E-state index contributed by atoms with van der Waals surface area (Å²) in [6.07, 6.45) is 1.93. The lowest BCUT2D eigenvalue weighted by molar-refractivity contribution is -0.192. The van der Waals surface area contributed by atoms with Crippen molar-refractivity contribution in [3.05, 3.63) is 30.1 Å². The van der Waals surface area contributed by atoms with E-state index in [0.29, 0.717) is 12.0 Å². The number of carboxylic acids is 1. The van der Waals surface area contributed by atoms with Crippen molar-refractivity contribution in [3.63, 3.8) is 0 Å². The second-order valence-corrected chi connectivity index (χ2v) is 9.40. The topological polar surface area (TPSA) is 89.0 Å². The van der Waals surface area contributed by atoms with E-state index >= 15 is 0 Å². The third-order valence-corrected chi connectivity index (χ3v) is 7.07. The molecule has 3 aliphatic rings. The summed E-state index contributed by atoms with van der Waals surface area (Å²) >= 11 is 1.99. The van der Waals surface area contributed by atoms with Gasteiger partial charge in [-0.25, -0.2) is 4.79 Å². The normalized spacial score (nSPS) is 23.1. The maximum atomic E-state index is 12.4. The highest BCUT2D eigenvalue weighted by atomic mass is 32.2. The standard InChI is InChI=1S/C18H24N2O3S.C2HF3O2/c21-17(15-1-5-19-6-2-15)20-12-18(13-20)9-16(11-24-18)23-10-14-3-7-22-8-4-14;3-2(4,5)1(6)7/h1-2,5-6,14,16H,3-4,7-13H2;(H,6,7). The number of thioether (sulfide) groups is 1. The second-order valence-electron chi connectivity index (χ2n) is 7.91. The molecule has 0 radical (unpaired) electrons. The average Bonchev–Trinajstić information content (AvgIpc) is 3.17. The monoisotopic (exact) mass is 462 g/mol. The predicted molar refractivity (Wildman–Crippen MR) is 107 cm³/mol. The number of hydrogen-bond acceptors (Lipinski definition) is 6. The van der Waals surface area contributed by atoms with E-state index in [-0.39, 0.29) is 10.7 Å². The Balaban J connectivity index is 0.000000339. The first-order valence-corrected chi connectivity index (χ1v) is 11.0. The largest absolute Gasteiger partial charge is 0.490 e. The minimum absolute atomic E-state index is 0.121. The molecule has 0 aliphatic carbocycles. The summed E-state index contributed by atoms with van der Waals surface area (Å²) in [5.74, 6) is -0.922. The van der Waals surface area contributed by atoms with Gasteiger partial charge in [-0.3, -0.25) is 9.78 Å². The molecule has 4 heterocycles. The maximum absolute atomic E-state index is 12.4. The van der Waals surface area contributed by atoms with Crippen LogP contribution in [0.25, 0.3) is 0 Å². The SMILES string of the molecule is O=C(O)C(F)(F)F.O=C(c1ccncc1)N1CC2(CC(OCC3CCOCC3)CS2)C1. The van der Waals surface area contributed by atoms with Crippen LogP contribution in [-0.4, -0.2) is 82.6 Å². The van der Waals surface area contributed by atoms with Gasteiger partial charge in [-0.1, -0.05) is 0 Å². The third-order valence-electron chi connectivity index (χ3n) is 5.50. The Kier molecular flexibility index (Phi) is 7.82. The molecule has 1 unspecified atom stereocenters. The quantitative estimate of drug-likeness (QED) is 0.736. The Morgan fingerprint density at radius 3 is 2.45 bits per heavy atom. The Morgan fingerprint density at radius 1 is 1.26 bits per heavy atom. The van der Waals surface area contributed by atoms with Gasteiger partial charge in [0.1, 0.15) is 0 Å². The molecule has 1 spiro atoms. The number of carboxylic acid groups (broad SMARTS) is 1. The van der Waals surface area contributed by atoms with E-state index in [1.807, 2.05) is 16.7 Å². The lowest BCUT2D eigenvalue weighted by atomic mass is 9.92. The van der Waals surface area contributed by atoms with Gasteiger partial charge in [-0.05, 0) is 37.3 Å². The van der Waals surface area contributed by atoms with Gasteiger partial charge >= 0.3 is 12.1 Å². The Morgan fingerprint density at radius 2 is 1.87 bits per heavy atom. The molecule has 1 amide bonds. The van der Waals surface area contributed by atoms with E-state index in [4.69, 9.17) is 19.4 Å². The van der Waals surface area contributed by atoms with E-state index in [2.05, 4.69) is 4.98 Å². The van der Waals surface area contributed by atoms with Gasteiger partial charge in [0.15, 0.2) is 0 Å². The van der Waals surface area contributed by atoms with Gasteiger partial charge in [-0.15, -0.1) is 11.8 Å². The predicted octanol–water partition coefficient (Wildman–Crippen LogP) is 2.86. The summed E-state index contributed by atoms with van der Waals surface area (Å²) < 4.78 is 43.5. The second kappa shape index (κ2) is 10.2. The number of likely N-dealkylation sites (tertiary alicyclic amines) is 1. The minimum atomic E-state index is -5.08. The molecular formula is C20H25F3N2O5S. The van der Waals surface area contributed by atoms with E-state index in [0.717, 1.165) is 63.5 Å². The summed E-state index contributed by atoms with van der Waals surface area (Å²) in [7, 11) is 0. The number of pyridine rings is 1. The Bertz CT molecular complexity index is 753. The van der Waals surface area contributed by atoms with Crippen LogP contribution in [0.4, 0.5) is 13.2 Å². The van der Waals surface area contributed by atoms with Crippen molar-refractivity contribution in [3.8, 4) is 0 Å². The summed E-state index contributed by atoms with van der Waals surface area (Å²) in [6, 6.07) is 3.57. The van der Waals surface area contributed by atoms with Crippen molar-refractivity contribution >= 4 is 23.6 Å². The Labute approximate surface area is 182 Å². The number of carbonyl (C=O) groups is 2. The van der Waals surface area contributed by atoms with E-state index < -0.39 is 12.1 Å². The molecule has 1 aromatic heterocycles.